The lowest BCUT2D eigenvalue weighted by atomic mass is 9.95. The second-order valence-corrected chi connectivity index (χ2v) is 4.73. The second kappa shape index (κ2) is 5.46. The lowest BCUT2D eigenvalue weighted by Gasteiger charge is -2.15. The van der Waals surface area contributed by atoms with Gasteiger partial charge in [0.15, 0.2) is 0 Å². The molecule has 0 aliphatic carbocycles. The summed E-state index contributed by atoms with van der Waals surface area (Å²) < 4.78 is 39.1. The van der Waals surface area contributed by atoms with Crippen molar-refractivity contribution in [3.05, 3.63) is 58.6 Å². The van der Waals surface area contributed by atoms with Gasteiger partial charge in [-0.3, -0.25) is 4.79 Å². The molecule has 0 saturated carbocycles. The zero-order valence-corrected chi connectivity index (χ0v) is 11.4. The Kier molecular flexibility index (Phi) is 4.06. The van der Waals surface area contributed by atoms with Crippen molar-refractivity contribution < 1.29 is 18.0 Å². The van der Waals surface area contributed by atoms with Crippen LogP contribution >= 0.6 is 23.2 Å². The van der Waals surface area contributed by atoms with E-state index in [1.165, 1.54) is 36.4 Å². The number of carbonyl (C=O) groups is 1. The van der Waals surface area contributed by atoms with Crippen molar-refractivity contribution in [2.24, 2.45) is 0 Å². The summed E-state index contributed by atoms with van der Waals surface area (Å²) >= 11 is 11.4. The van der Waals surface area contributed by atoms with E-state index in [4.69, 9.17) is 23.2 Å². The molecular weight excluding hydrogens is 312 g/mol. The smallest absolute Gasteiger partial charge is 0.276 e. The number of hydrogen-bond acceptors (Lipinski definition) is 1. The Morgan fingerprint density at radius 1 is 1.00 bits per heavy atom. The largest absolute Gasteiger partial charge is 0.417 e. The van der Waals surface area contributed by atoms with Crippen molar-refractivity contribution in [1.29, 1.82) is 0 Å². The Hall–Kier alpha value is -1.52. The molecule has 0 aliphatic rings. The van der Waals surface area contributed by atoms with Crippen LogP contribution in [0, 0.1) is 0 Å². The van der Waals surface area contributed by atoms with Crippen LogP contribution in [0.3, 0.4) is 0 Å². The second-order valence-electron chi connectivity index (χ2n) is 3.98. The molecule has 20 heavy (non-hydrogen) atoms. The maximum absolute atomic E-state index is 13.0. The van der Waals surface area contributed by atoms with Gasteiger partial charge in [0.1, 0.15) is 0 Å². The highest BCUT2D eigenvalue weighted by molar-refractivity contribution is 6.68. The maximum atomic E-state index is 13.0. The first kappa shape index (κ1) is 14.9. The van der Waals surface area contributed by atoms with Crippen LogP contribution in [0.5, 0.6) is 0 Å². The van der Waals surface area contributed by atoms with E-state index in [0.717, 1.165) is 6.07 Å². The van der Waals surface area contributed by atoms with Crippen LogP contribution < -0.4 is 0 Å². The molecule has 6 heteroatoms. The molecule has 2 aromatic rings. The summed E-state index contributed by atoms with van der Waals surface area (Å²) in [5.74, 6) is 0. The van der Waals surface area contributed by atoms with Crippen molar-refractivity contribution in [3.63, 3.8) is 0 Å². The van der Waals surface area contributed by atoms with E-state index < -0.39 is 17.0 Å². The zero-order chi connectivity index (χ0) is 14.9. The molecule has 0 bridgehead atoms. The molecule has 2 rings (SSSR count). The number of alkyl halides is 3. The molecule has 1 nitrogen and oxygen atoms in total. The highest BCUT2D eigenvalue weighted by atomic mass is 35.5. The summed E-state index contributed by atoms with van der Waals surface area (Å²) in [6.45, 7) is 0. The van der Waals surface area contributed by atoms with Gasteiger partial charge in [-0.1, -0.05) is 35.9 Å². The molecule has 0 unspecified atom stereocenters. The fraction of sp³-hybridized carbons (Fsp3) is 0.0714. The minimum Gasteiger partial charge on any atom is -0.276 e. The molecular formula is C14H7Cl2F3O. The Bertz CT molecular complexity index is 666. The lowest BCUT2D eigenvalue weighted by molar-refractivity contribution is -0.137. The zero-order valence-electron chi connectivity index (χ0n) is 9.84. The first-order valence-corrected chi connectivity index (χ1v) is 6.23. The van der Waals surface area contributed by atoms with Crippen LogP contribution in [0.2, 0.25) is 5.02 Å². The quantitative estimate of drug-likeness (QED) is 0.677. The summed E-state index contributed by atoms with van der Waals surface area (Å²) in [4.78, 5) is 11.4. The van der Waals surface area contributed by atoms with Gasteiger partial charge in [-0.25, -0.2) is 0 Å². The van der Waals surface area contributed by atoms with E-state index in [9.17, 15) is 18.0 Å². The molecule has 0 atom stereocenters. The molecule has 0 spiro atoms. The third kappa shape index (κ3) is 2.81. The van der Waals surface area contributed by atoms with Crippen LogP contribution in [0.4, 0.5) is 13.2 Å². The van der Waals surface area contributed by atoms with Crippen LogP contribution in [-0.2, 0) is 6.18 Å². The van der Waals surface area contributed by atoms with Gasteiger partial charge in [-0.05, 0) is 35.4 Å². The van der Waals surface area contributed by atoms with E-state index in [1.807, 2.05) is 0 Å². The van der Waals surface area contributed by atoms with Crippen molar-refractivity contribution in [1.82, 2.24) is 0 Å². The highest BCUT2D eigenvalue weighted by Crippen LogP contribution is 2.41. The first-order chi connectivity index (χ1) is 9.32. The van der Waals surface area contributed by atoms with Gasteiger partial charge < -0.3 is 0 Å². The van der Waals surface area contributed by atoms with E-state index in [0.29, 0.717) is 0 Å². The Balaban J connectivity index is 2.79. The third-order valence-corrected chi connectivity index (χ3v) is 3.25. The average molecular weight is 319 g/mol. The van der Waals surface area contributed by atoms with E-state index in [-0.39, 0.29) is 21.7 Å². The van der Waals surface area contributed by atoms with Gasteiger partial charge in [-0.15, -0.1) is 0 Å². The minimum absolute atomic E-state index is 0.0120. The fourth-order valence-corrected chi connectivity index (χ4v) is 2.34. The summed E-state index contributed by atoms with van der Waals surface area (Å²) in [5.41, 5.74) is -1.11. The minimum atomic E-state index is -4.55. The van der Waals surface area contributed by atoms with Gasteiger partial charge in [0.05, 0.1) is 5.56 Å². The van der Waals surface area contributed by atoms with Gasteiger partial charge in [-0.2, -0.15) is 13.2 Å². The Morgan fingerprint density at radius 3 is 2.25 bits per heavy atom. The molecule has 0 amide bonds. The monoisotopic (exact) mass is 318 g/mol. The van der Waals surface area contributed by atoms with Gasteiger partial charge in [0, 0.05) is 16.1 Å². The van der Waals surface area contributed by atoms with Gasteiger partial charge >= 0.3 is 6.18 Å². The van der Waals surface area contributed by atoms with Gasteiger partial charge in [0.2, 0.25) is 0 Å². The van der Waals surface area contributed by atoms with Crippen LogP contribution in [0.1, 0.15) is 15.9 Å². The fourth-order valence-electron chi connectivity index (χ4n) is 1.91. The first-order valence-electron chi connectivity index (χ1n) is 5.47. The molecule has 0 heterocycles. The molecule has 0 N–H and O–H groups in total. The molecule has 0 saturated heterocycles. The number of carbonyl (C=O) groups excluding carboxylic acids is 1. The Morgan fingerprint density at radius 2 is 1.65 bits per heavy atom. The van der Waals surface area contributed by atoms with Crippen molar-refractivity contribution in [2.45, 2.75) is 6.18 Å². The maximum Gasteiger partial charge on any atom is 0.417 e. The normalized spacial score (nSPS) is 11.4. The summed E-state index contributed by atoms with van der Waals surface area (Å²) in [7, 11) is 0. The summed E-state index contributed by atoms with van der Waals surface area (Å²) in [6.07, 6.45) is -4.55. The van der Waals surface area contributed by atoms with Crippen molar-refractivity contribution in [2.75, 3.05) is 0 Å². The van der Waals surface area contributed by atoms with Crippen LogP contribution in [0.25, 0.3) is 11.1 Å². The van der Waals surface area contributed by atoms with Gasteiger partial charge in [0.25, 0.3) is 5.24 Å². The van der Waals surface area contributed by atoms with Crippen molar-refractivity contribution in [3.8, 4) is 11.1 Å². The van der Waals surface area contributed by atoms with Crippen molar-refractivity contribution >= 4 is 28.4 Å². The average Bonchev–Trinajstić information content (AvgIpc) is 2.37. The Labute approximate surface area is 122 Å². The SMILES string of the molecule is O=C(Cl)c1cccc(Cl)c1-c1ccccc1C(F)(F)F. The lowest BCUT2D eigenvalue weighted by Crippen LogP contribution is -2.08. The molecule has 0 radical (unpaired) electrons. The molecule has 0 aromatic heterocycles. The number of benzene rings is 2. The van der Waals surface area contributed by atoms with Crippen LogP contribution in [-0.4, -0.2) is 5.24 Å². The number of rotatable bonds is 2. The summed E-state index contributed by atoms with van der Waals surface area (Å²) in [6, 6.07) is 9.10. The highest BCUT2D eigenvalue weighted by Gasteiger charge is 2.34. The molecule has 104 valence electrons. The molecule has 0 fully saturated rings. The van der Waals surface area contributed by atoms with E-state index >= 15 is 0 Å². The predicted octanol–water partition coefficient (Wildman–Crippen LogP) is 5.40. The number of halogens is 5. The number of hydrogen-bond donors (Lipinski definition) is 0. The third-order valence-electron chi connectivity index (χ3n) is 2.73. The van der Waals surface area contributed by atoms with Crippen LogP contribution in [0.15, 0.2) is 42.5 Å². The standard InChI is InChI=1S/C14H7Cl2F3O/c15-11-7-3-5-9(13(16)20)12(11)8-4-1-2-6-10(8)14(17,18)19/h1-7H. The predicted molar refractivity (Wildman–Crippen MR) is 72.1 cm³/mol. The molecule has 2 aromatic carbocycles. The topological polar surface area (TPSA) is 17.1 Å². The summed E-state index contributed by atoms with van der Waals surface area (Å²) in [5, 5.41) is -0.826. The van der Waals surface area contributed by atoms with E-state index in [2.05, 4.69) is 0 Å². The molecule has 0 aliphatic heterocycles. The van der Waals surface area contributed by atoms with E-state index in [1.54, 1.807) is 0 Å².